The van der Waals surface area contributed by atoms with Gasteiger partial charge in [-0.15, -0.1) is 11.3 Å². The summed E-state index contributed by atoms with van der Waals surface area (Å²) in [7, 11) is 3.51. The quantitative estimate of drug-likeness (QED) is 0.776. The number of aryl methyl sites for hydroxylation is 1. The predicted octanol–water partition coefficient (Wildman–Crippen LogP) is 1.54. The fourth-order valence-corrected chi connectivity index (χ4v) is 4.45. The minimum Gasteiger partial charge on any atom is -0.377 e. The van der Waals surface area contributed by atoms with Crippen LogP contribution < -0.4 is 0 Å². The smallest absolute Gasteiger partial charge is 0.248 e. The molecule has 0 radical (unpaired) electrons. The van der Waals surface area contributed by atoms with Gasteiger partial charge in [-0.25, -0.2) is 4.98 Å². The molecule has 6 nitrogen and oxygen atoms in total. The molecule has 0 unspecified atom stereocenters. The molecule has 0 aromatic carbocycles. The van der Waals surface area contributed by atoms with Gasteiger partial charge in [-0.3, -0.25) is 9.69 Å². The van der Waals surface area contributed by atoms with E-state index in [-0.39, 0.29) is 24.0 Å². The van der Waals surface area contributed by atoms with Crippen molar-refractivity contribution >= 4 is 17.2 Å². The first-order valence-corrected chi connectivity index (χ1v) is 9.39. The highest BCUT2D eigenvalue weighted by Crippen LogP contribution is 2.41. The fraction of sp³-hybridized carbons (Fsp3) is 0.765. The summed E-state index contributed by atoms with van der Waals surface area (Å²) in [6.07, 6.45) is 2.29. The van der Waals surface area contributed by atoms with Crippen LogP contribution in [0.25, 0.3) is 0 Å². The third-order valence-electron chi connectivity index (χ3n) is 5.17. The van der Waals surface area contributed by atoms with Gasteiger partial charge in [0, 0.05) is 50.6 Å². The molecule has 0 aliphatic carbocycles. The first-order chi connectivity index (χ1) is 11.5. The van der Waals surface area contributed by atoms with E-state index >= 15 is 0 Å². The summed E-state index contributed by atoms with van der Waals surface area (Å²) in [4.78, 5) is 21.5. The number of thiazole rings is 1. The number of carbonyl (C=O) groups excluding carboxylic acids is 1. The highest BCUT2D eigenvalue weighted by Gasteiger charge is 2.48. The monoisotopic (exact) mass is 353 g/mol. The molecule has 134 valence electrons. The maximum absolute atomic E-state index is 11.7. The molecule has 1 aromatic heterocycles. The predicted molar refractivity (Wildman–Crippen MR) is 93.0 cm³/mol. The SMILES string of the molecule is Cc1ncsc1CN1CC[C@@H]2OCC[C@]2(COCC(=O)N(C)C)C1. The number of likely N-dealkylation sites (N-methyl/N-ethyl adjacent to an activating group) is 1. The van der Waals surface area contributed by atoms with Gasteiger partial charge in [0.15, 0.2) is 0 Å². The number of ether oxygens (including phenoxy) is 2. The Kier molecular flexibility index (Phi) is 5.54. The number of carbonyl (C=O) groups is 1. The highest BCUT2D eigenvalue weighted by molar-refractivity contribution is 7.09. The Morgan fingerprint density at radius 2 is 2.42 bits per heavy atom. The molecule has 1 aromatic rings. The lowest BCUT2D eigenvalue weighted by atomic mass is 9.77. The molecule has 2 atom stereocenters. The molecular weight excluding hydrogens is 326 g/mol. The van der Waals surface area contributed by atoms with Gasteiger partial charge >= 0.3 is 0 Å². The summed E-state index contributed by atoms with van der Waals surface area (Å²) >= 11 is 1.73. The second kappa shape index (κ2) is 7.47. The van der Waals surface area contributed by atoms with Crippen molar-refractivity contribution in [2.24, 2.45) is 5.41 Å². The van der Waals surface area contributed by atoms with Gasteiger partial charge in [0.2, 0.25) is 5.91 Å². The fourth-order valence-electron chi connectivity index (χ4n) is 3.63. The molecule has 0 saturated carbocycles. The Morgan fingerprint density at radius 1 is 1.58 bits per heavy atom. The summed E-state index contributed by atoms with van der Waals surface area (Å²) in [5, 5.41) is 0. The van der Waals surface area contributed by atoms with Gasteiger partial charge in [0.1, 0.15) is 6.61 Å². The Labute approximate surface area is 147 Å². The van der Waals surface area contributed by atoms with Crippen LogP contribution in [0.4, 0.5) is 0 Å². The van der Waals surface area contributed by atoms with Crippen LogP contribution >= 0.6 is 11.3 Å². The van der Waals surface area contributed by atoms with Crippen LogP contribution in [0.3, 0.4) is 0 Å². The second-order valence-corrected chi connectivity index (χ2v) is 8.05. The van der Waals surface area contributed by atoms with Gasteiger partial charge in [-0.1, -0.05) is 0 Å². The van der Waals surface area contributed by atoms with Crippen molar-refractivity contribution < 1.29 is 14.3 Å². The second-order valence-electron chi connectivity index (χ2n) is 7.11. The summed E-state index contributed by atoms with van der Waals surface area (Å²) in [6, 6.07) is 0. The summed E-state index contributed by atoms with van der Waals surface area (Å²) in [5.41, 5.74) is 3.07. The molecule has 0 spiro atoms. The minimum absolute atomic E-state index is 0.00909. The van der Waals surface area contributed by atoms with Crippen molar-refractivity contribution in [3.8, 4) is 0 Å². The summed E-state index contributed by atoms with van der Waals surface area (Å²) in [5.74, 6) is 0.00909. The highest BCUT2D eigenvalue weighted by atomic mass is 32.1. The van der Waals surface area contributed by atoms with E-state index in [0.29, 0.717) is 6.61 Å². The van der Waals surface area contributed by atoms with Crippen LogP contribution in [0.15, 0.2) is 5.51 Å². The molecule has 2 saturated heterocycles. The molecule has 1 amide bonds. The number of aromatic nitrogens is 1. The molecule has 7 heteroatoms. The third-order valence-corrected chi connectivity index (χ3v) is 6.09. The number of hydrogen-bond acceptors (Lipinski definition) is 6. The van der Waals surface area contributed by atoms with Crippen molar-refractivity contribution in [3.63, 3.8) is 0 Å². The maximum atomic E-state index is 11.7. The van der Waals surface area contributed by atoms with Crippen LogP contribution in [0.5, 0.6) is 0 Å². The number of amides is 1. The van der Waals surface area contributed by atoms with Crippen molar-refractivity contribution in [1.29, 1.82) is 0 Å². The molecule has 2 aliphatic rings. The largest absolute Gasteiger partial charge is 0.377 e. The molecule has 2 aliphatic heterocycles. The van der Waals surface area contributed by atoms with Crippen LogP contribution in [-0.4, -0.2) is 73.8 Å². The van der Waals surface area contributed by atoms with Crippen LogP contribution in [0, 0.1) is 12.3 Å². The van der Waals surface area contributed by atoms with Crippen molar-refractivity contribution in [2.45, 2.75) is 32.4 Å². The molecule has 3 rings (SSSR count). The zero-order valence-corrected chi connectivity index (χ0v) is 15.6. The summed E-state index contributed by atoms with van der Waals surface area (Å²) in [6.45, 7) is 6.56. The zero-order valence-electron chi connectivity index (χ0n) is 14.8. The Bertz CT molecular complexity index is 577. The summed E-state index contributed by atoms with van der Waals surface area (Å²) < 4.78 is 11.8. The maximum Gasteiger partial charge on any atom is 0.248 e. The number of fused-ring (bicyclic) bond motifs is 1. The van der Waals surface area contributed by atoms with E-state index in [1.807, 2.05) is 5.51 Å². The van der Waals surface area contributed by atoms with Crippen LogP contribution in [-0.2, 0) is 20.8 Å². The zero-order chi connectivity index (χ0) is 17.2. The molecule has 24 heavy (non-hydrogen) atoms. The molecule has 2 fully saturated rings. The minimum atomic E-state index is 0.00909. The van der Waals surface area contributed by atoms with Gasteiger partial charge in [-0.05, 0) is 19.8 Å². The van der Waals surface area contributed by atoms with E-state index in [4.69, 9.17) is 9.47 Å². The topological polar surface area (TPSA) is 54.9 Å². The number of rotatable bonds is 6. The van der Waals surface area contributed by atoms with E-state index in [0.717, 1.165) is 44.8 Å². The Hall–Kier alpha value is -1.02. The van der Waals surface area contributed by atoms with Gasteiger partial charge < -0.3 is 14.4 Å². The van der Waals surface area contributed by atoms with E-state index in [1.165, 1.54) is 4.88 Å². The van der Waals surface area contributed by atoms with Crippen molar-refractivity contribution in [1.82, 2.24) is 14.8 Å². The lowest BCUT2D eigenvalue weighted by Crippen LogP contribution is -2.51. The van der Waals surface area contributed by atoms with E-state index in [9.17, 15) is 4.79 Å². The first-order valence-electron chi connectivity index (χ1n) is 8.51. The van der Waals surface area contributed by atoms with E-state index in [1.54, 1.807) is 30.3 Å². The van der Waals surface area contributed by atoms with Crippen molar-refractivity contribution in [3.05, 3.63) is 16.1 Å². The number of likely N-dealkylation sites (tertiary alicyclic amines) is 1. The lowest BCUT2D eigenvalue weighted by molar-refractivity contribution is -0.136. The van der Waals surface area contributed by atoms with Gasteiger partial charge in [0.05, 0.1) is 23.9 Å². The van der Waals surface area contributed by atoms with Crippen molar-refractivity contribution in [2.75, 3.05) is 47.0 Å². The number of piperidine rings is 1. The van der Waals surface area contributed by atoms with Crippen LogP contribution in [0.1, 0.15) is 23.4 Å². The molecule has 0 bridgehead atoms. The molecule has 3 heterocycles. The number of hydrogen-bond donors (Lipinski definition) is 0. The normalized spacial score (nSPS) is 27.2. The van der Waals surface area contributed by atoms with E-state index < -0.39 is 0 Å². The van der Waals surface area contributed by atoms with Gasteiger partial charge in [-0.2, -0.15) is 0 Å². The standard InChI is InChI=1S/C17H27N3O3S/c1-13-14(24-12-18-13)8-20-6-4-15-17(10-20,5-7-23-15)11-22-9-16(21)19(2)3/h12,15H,4-11H2,1-3H3/t15-,17+/m0/s1. The van der Waals surface area contributed by atoms with E-state index in [2.05, 4.69) is 16.8 Å². The molecular formula is C17H27N3O3S. The first kappa shape index (κ1) is 17.8. The Balaban J connectivity index is 1.60. The third kappa shape index (κ3) is 3.79. The average Bonchev–Trinajstić information content (AvgIpc) is 3.13. The van der Waals surface area contributed by atoms with Crippen LogP contribution in [0.2, 0.25) is 0 Å². The average molecular weight is 353 g/mol. The lowest BCUT2D eigenvalue weighted by Gasteiger charge is -2.43. The Morgan fingerprint density at radius 3 is 3.12 bits per heavy atom. The molecule has 0 N–H and O–H groups in total. The number of nitrogens with zero attached hydrogens (tertiary/aromatic N) is 3. The van der Waals surface area contributed by atoms with Gasteiger partial charge in [0.25, 0.3) is 0 Å².